The lowest BCUT2D eigenvalue weighted by Gasteiger charge is -2.23. The fourth-order valence-electron chi connectivity index (χ4n) is 3.08. The Labute approximate surface area is 115 Å². The zero-order valence-corrected chi connectivity index (χ0v) is 11.9. The van der Waals surface area contributed by atoms with Gasteiger partial charge in [-0.05, 0) is 68.0 Å². The van der Waals surface area contributed by atoms with Crippen LogP contribution in [-0.2, 0) is 12.8 Å². The van der Waals surface area contributed by atoms with Crippen molar-refractivity contribution >= 4 is 11.8 Å². The van der Waals surface area contributed by atoms with E-state index in [4.69, 9.17) is 0 Å². The largest absolute Gasteiger partial charge is 0.314 e. The SMILES string of the molecule is c1cc2c(cc1CCC1CCCCN1)CCCS2. The van der Waals surface area contributed by atoms with Crippen LogP contribution in [-0.4, -0.2) is 18.3 Å². The molecule has 2 aliphatic rings. The lowest BCUT2D eigenvalue weighted by atomic mass is 9.96. The fourth-order valence-corrected chi connectivity index (χ4v) is 4.10. The minimum Gasteiger partial charge on any atom is -0.314 e. The first-order valence-corrected chi connectivity index (χ1v) is 8.38. The second kappa shape index (κ2) is 6.12. The van der Waals surface area contributed by atoms with Crippen molar-refractivity contribution in [2.75, 3.05) is 12.3 Å². The minimum atomic E-state index is 0.768. The molecule has 1 nitrogen and oxygen atoms in total. The Balaban J connectivity index is 1.58. The minimum absolute atomic E-state index is 0.768. The second-order valence-corrected chi connectivity index (χ2v) is 6.72. The summed E-state index contributed by atoms with van der Waals surface area (Å²) in [5, 5.41) is 3.65. The van der Waals surface area contributed by atoms with Gasteiger partial charge >= 0.3 is 0 Å². The van der Waals surface area contributed by atoms with Crippen molar-refractivity contribution in [1.29, 1.82) is 0 Å². The topological polar surface area (TPSA) is 12.0 Å². The van der Waals surface area contributed by atoms with Gasteiger partial charge in [0.1, 0.15) is 0 Å². The van der Waals surface area contributed by atoms with E-state index < -0.39 is 0 Å². The summed E-state index contributed by atoms with van der Waals surface area (Å²) in [6.45, 7) is 1.23. The van der Waals surface area contributed by atoms with Gasteiger partial charge in [-0.1, -0.05) is 18.6 Å². The van der Waals surface area contributed by atoms with Gasteiger partial charge in [0, 0.05) is 10.9 Å². The standard InChI is InChI=1S/C16H23NS/c1-2-10-17-15(5-1)8-6-13-7-9-16-14(12-13)4-3-11-18-16/h7,9,12,15,17H,1-6,8,10-11H2. The summed E-state index contributed by atoms with van der Waals surface area (Å²) in [7, 11) is 0. The van der Waals surface area contributed by atoms with Crippen LogP contribution in [0.5, 0.6) is 0 Å². The van der Waals surface area contributed by atoms with Gasteiger partial charge in [-0.3, -0.25) is 0 Å². The van der Waals surface area contributed by atoms with Gasteiger partial charge in [0.25, 0.3) is 0 Å². The Kier molecular flexibility index (Phi) is 4.27. The highest BCUT2D eigenvalue weighted by Crippen LogP contribution is 2.30. The highest BCUT2D eigenvalue weighted by Gasteiger charge is 2.13. The van der Waals surface area contributed by atoms with E-state index in [1.807, 2.05) is 11.8 Å². The Hall–Kier alpha value is -0.470. The molecular formula is C16H23NS. The summed E-state index contributed by atoms with van der Waals surface area (Å²) in [5.74, 6) is 1.30. The Morgan fingerprint density at radius 2 is 2.22 bits per heavy atom. The van der Waals surface area contributed by atoms with Crippen molar-refractivity contribution in [3.05, 3.63) is 29.3 Å². The van der Waals surface area contributed by atoms with Gasteiger partial charge in [0.2, 0.25) is 0 Å². The van der Waals surface area contributed by atoms with Gasteiger partial charge in [0.05, 0.1) is 0 Å². The summed E-state index contributed by atoms with van der Waals surface area (Å²) < 4.78 is 0. The molecule has 0 saturated carbocycles. The molecule has 1 unspecified atom stereocenters. The predicted molar refractivity (Wildman–Crippen MR) is 79.4 cm³/mol. The van der Waals surface area contributed by atoms with Crippen molar-refractivity contribution in [1.82, 2.24) is 5.32 Å². The number of benzene rings is 1. The number of aryl methyl sites for hydroxylation is 2. The Morgan fingerprint density at radius 1 is 1.22 bits per heavy atom. The van der Waals surface area contributed by atoms with Gasteiger partial charge in [0.15, 0.2) is 0 Å². The first-order chi connectivity index (χ1) is 8.92. The molecule has 1 saturated heterocycles. The Bertz CT molecular complexity index is 396. The van der Waals surface area contributed by atoms with Crippen LogP contribution >= 0.6 is 11.8 Å². The van der Waals surface area contributed by atoms with Gasteiger partial charge in [-0.15, -0.1) is 11.8 Å². The molecule has 0 aromatic heterocycles. The molecule has 1 fully saturated rings. The molecule has 2 heteroatoms. The molecule has 1 aromatic carbocycles. The third-order valence-corrected chi connectivity index (χ3v) is 5.37. The lowest BCUT2D eigenvalue weighted by molar-refractivity contribution is 0.383. The Morgan fingerprint density at radius 3 is 3.11 bits per heavy atom. The van der Waals surface area contributed by atoms with E-state index in [0.29, 0.717) is 0 Å². The summed E-state index contributed by atoms with van der Waals surface area (Å²) in [4.78, 5) is 1.53. The third-order valence-electron chi connectivity index (χ3n) is 4.17. The van der Waals surface area contributed by atoms with E-state index in [-0.39, 0.29) is 0 Å². The second-order valence-electron chi connectivity index (χ2n) is 5.58. The van der Waals surface area contributed by atoms with Crippen molar-refractivity contribution < 1.29 is 0 Å². The van der Waals surface area contributed by atoms with Crippen LogP contribution in [0.25, 0.3) is 0 Å². The molecule has 1 N–H and O–H groups in total. The number of rotatable bonds is 3. The molecule has 0 aliphatic carbocycles. The van der Waals surface area contributed by atoms with E-state index >= 15 is 0 Å². The van der Waals surface area contributed by atoms with Crippen LogP contribution < -0.4 is 5.32 Å². The summed E-state index contributed by atoms with van der Waals surface area (Å²) >= 11 is 2.03. The molecule has 0 radical (unpaired) electrons. The van der Waals surface area contributed by atoms with E-state index in [2.05, 4.69) is 23.5 Å². The molecule has 2 heterocycles. The fraction of sp³-hybridized carbons (Fsp3) is 0.625. The highest BCUT2D eigenvalue weighted by molar-refractivity contribution is 7.99. The van der Waals surface area contributed by atoms with Crippen molar-refractivity contribution in [2.24, 2.45) is 0 Å². The maximum absolute atomic E-state index is 3.65. The van der Waals surface area contributed by atoms with Crippen molar-refractivity contribution in [2.45, 2.75) is 55.9 Å². The predicted octanol–water partition coefficient (Wildman–Crippen LogP) is 3.80. The number of hydrogen-bond acceptors (Lipinski definition) is 2. The maximum Gasteiger partial charge on any atom is 0.0104 e. The average Bonchev–Trinajstić information content (AvgIpc) is 2.46. The smallest absolute Gasteiger partial charge is 0.0104 e. The van der Waals surface area contributed by atoms with E-state index in [9.17, 15) is 0 Å². The molecule has 0 bridgehead atoms. The summed E-state index contributed by atoms with van der Waals surface area (Å²) in [6.07, 6.45) is 9.36. The molecule has 2 aliphatic heterocycles. The number of nitrogens with one attached hydrogen (secondary N) is 1. The molecule has 1 atom stereocenters. The molecule has 0 spiro atoms. The van der Waals surface area contributed by atoms with Crippen LogP contribution in [0.1, 0.15) is 43.2 Å². The van der Waals surface area contributed by atoms with Crippen LogP contribution in [0.15, 0.2) is 23.1 Å². The summed E-state index contributed by atoms with van der Waals surface area (Å²) in [5.41, 5.74) is 3.14. The molecule has 18 heavy (non-hydrogen) atoms. The van der Waals surface area contributed by atoms with E-state index in [1.165, 1.54) is 62.1 Å². The zero-order valence-electron chi connectivity index (χ0n) is 11.1. The first kappa shape index (κ1) is 12.6. The number of thioether (sulfide) groups is 1. The normalized spacial score (nSPS) is 23.7. The molecule has 1 aromatic rings. The van der Waals surface area contributed by atoms with Crippen LogP contribution in [0.3, 0.4) is 0 Å². The maximum atomic E-state index is 3.65. The van der Waals surface area contributed by atoms with E-state index in [0.717, 1.165) is 6.04 Å². The van der Waals surface area contributed by atoms with Gasteiger partial charge < -0.3 is 5.32 Å². The quantitative estimate of drug-likeness (QED) is 0.888. The summed E-state index contributed by atoms with van der Waals surface area (Å²) in [6, 6.07) is 7.93. The van der Waals surface area contributed by atoms with Crippen LogP contribution in [0.2, 0.25) is 0 Å². The number of fused-ring (bicyclic) bond motifs is 1. The third kappa shape index (κ3) is 3.10. The van der Waals surface area contributed by atoms with Crippen molar-refractivity contribution in [3.8, 4) is 0 Å². The monoisotopic (exact) mass is 261 g/mol. The zero-order chi connectivity index (χ0) is 12.2. The number of hydrogen-bond donors (Lipinski definition) is 1. The van der Waals surface area contributed by atoms with Gasteiger partial charge in [-0.25, -0.2) is 0 Å². The molecule has 3 rings (SSSR count). The highest BCUT2D eigenvalue weighted by atomic mass is 32.2. The molecular weight excluding hydrogens is 238 g/mol. The first-order valence-electron chi connectivity index (χ1n) is 7.40. The van der Waals surface area contributed by atoms with Crippen LogP contribution in [0.4, 0.5) is 0 Å². The average molecular weight is 261 g/mol. The van der Waals surface area contributed by atoms with Gasteiger partial charge in [-0.2, -0.15) is 0 Å². The number of piperidine rings is 1. The van der Waals surface area contributed by atoms with Crippen LogP contribution in [0, 0.1) is 0 Å². The molecule has 0 amide bonds. The van der Waals surface area contributed by atoms with Crippen molar-refractivity contribution in [3.63, 3.8) is 0 Å². The lowest BCUT2D eigenvalue weighted by Crippen LogP contribution is -2.34. The van der Waals surface area contributed by atoms with E-state index in [1.54, 1.807) is 11.1 Å². The molecule has 98 valence electrons.